The summed E-state index contributed by atoms with van der Waals surface area (Å²) in [6.07, 6.45) is 1.06. The summed E-state index contributed by atoms with van der Waals surface area (Å²) >= 11 is 0. The zero-order valence-electron chi connectivity index (χ0n) is 7.96. The van der Waals surface area contributed by atoms with Gasteiger partial charge in [-0.15, -0.1) is 0 Å². The van der Waals surface area contributed by atoms with E-state index in [1.807, 2.05) is 0 Å². The van der Waals surface area contributed by atoms with Crippen LogP contribution in [0.5, 0.6) is 0 Å². The summed E-state index contributed by atoms with van der Waals surface area (Å²) in [5.74, 6) is 0. The predicted molar refractivity (Wildman–Crippen MR) is 59.1 cm³/mol. The second kappa shape index (κ2) is 2.71. The van der Waals surface area contributed by atoms with E-state index in [1.54, 1.807) is 0 Å². The maximum atomic E-state index is 4.09. The number of fused-ring (bicyclic) bond motifs is 3. The van der Waals surface area contributed by atoms with Gasteiger partial charge in [0.05, 0.1) is 0 Å². The molecule has 0 heteroatoms. The molecule has 0 aliphatic heterocycles. The maximum absolute atomic E-state index is 4.09. The van der Waals surface area contributed by atoms with Crippen LogP contribution in [0.1, 0.15) is 16.7 Å². The molecule has 2 aromatic carbocycles. The Morgan fingerprint density at radius 2 is 1.64 bits per heavy atom. The van der Waals surface area contributed by atoms with Gasteiger partial charge in [0.25, 0.3) is 0 Å². The van der Waals surface area contributed by atoms with Gasteiger partial charge in [-0.05, 0) is 41.2 Å². The highest BCUT2D eigenvalue weighted by molar-refractivity contribution is 5.79. The second-order valence-corrected chi connectivity index (χ2v) is 3.79. The Labute approximate surface area is 84.2 Å². The molecule has 0 fully saturated rings. The largest absolute Gasteiger partial charge is 0.0619 e. The molecule has 0 unspecified atom stereocenters. The molecule has 0 spiro atoms. The fraction of sp³-hybridized carbons (Fsp3) is 0.0714. The zero-order valence-corrected chi connectivity index (χ0v) is 7.96. The van der Waals surface area contributed by atoms with E-state index in [1.165, 1.54) is 22.3 Å². The van der Waals surface area contributed by atoms with Crippen molar-refractivity contribution in [1.82, 2.24) is 0 Å². The molecular formula is C14H11. The summed E-state index contributed by atoms with van der Waals surface area (Å²) in [5, 5.41) is 0. The Morgan fingerprint density at radius 3 is 2.57 bits per heavy atom. The molecule has 0 saturated carbocycles. The molecule has 0 N–H and O–H groups in total. The molecule has 0 aromatic heterocycles. The van der Waals surface area contributed by atoms with Crippen molar-refractivity contribution in [2.75, 3.05) is 0 Å². The molecule has 0 bridgehead atoms. The third-order valence-electron chi connectivity index (χ3n) is 2.90. The molecule has 1 aliphatic carbocycles. The summed E-state index contributed by atoms with van der Waals surface area (Å²) in [6.45, 7) is 4.09. The summed E-state index contributed by atoms with van der Waals surface area (Å²) in [5.41, 5.74) is 6.71. The van der Waals surface area contributed by atoms with Crippen molar-refractivity contribution in [3.63, 3.8) is 0 Å². The van der Waals surface area contributed by atoms with E-state index in [0.29, 0.717) is 0 Å². The first-order valence-electron chi connectivity index (χ1n) is 4.88. The highest BCUT2D eigenvalue weighted by atomic mass is 14.2. The SMILES string of the molecule is [CH2]c1cccc2c1-c1ccccc1C2. The van der Waals surface area contributed by atoms with Crippen LogP contribution in [0.4, 0.5) is 0 Å². The Morgan fingerprint density at radius 1 is 0.857 bits per heavy atom. The van der Waals surface area contributed by atoms with E-state index < -0.39 is 0 Å². The van der Waals surface area contributed by atoms with Gasteiger partial charge >= 0.3 is 0 Å². The van der Waals surface area contributed by atoms with E-state index in [2.05, 4.69) is 49.4 Å². The number of hydrogen-bond donors (Lipinski definition) is 0. The summed E-state index contributed by atoms with van der Waals surface area (Å²) < 4.78 is 0. The standard InChI is InChI=1S/C14H11/c1-10-5-4-7-12-9-11-6-2-3-8-13(11)14(10)12/h2-8H,1,9H2. The lowest BCUT2D eigenvalue weighted by Gasteiger charge is -2.03. The third kappa shape index (κ3) is 0.941. The Balaban J connectivity index is 2.35. The second-order valence-electron chi connectivity index (χ2n) is 3.79. The van der Waals surface area contributed by atoms with Crippen LogP contribution in [0.25, 0.3) is 11.1 Å². The van der Waals surface area contributed by atoms with Crippen LogP contribution < -0.4 is 0 Å². The summed E-state index contributed by atoms with van der Waals surface area (Å²) in [6, 6.07) is 15.0. The van der Waals surface area contributed by atoms with Gasteiger partial charge in [0.15, 0.2) is 0 Å². The van der Waals surface area contributed by atoms with Crippen molar-refractivity contribution in [1.29, 1.82) is 0 Å². The smallest absolute Gasteiger partial charge is 0.00134 e. The molecule has 0 nitrogen and oxygen atoms in total. The summed E-state index contributed by atoms with van der Waals surface area (Å²) in [4.78, 5) is 0. The molecule has 1 radical (unpaired) electrons. The van der Waals surface area contributed by atoms with Crippen LogP contribution in [0.3, 0.4) is 0 Å². The van der Waals surface area contributed by atoms with Crippen molar-refractivity contribution in [2.24, 2.45) is 0 Å². The molecule has 67 valence electrons. The highest BCUT2D eigenvalue weighted by Gasteiger charge is 2.18. The van der Waals surface area contributed by atoms with Crippen LogP contribution in [0, 0.1) is 6.92 Å². The molecule has 2 aromatic rings. The van der Waals surface area contributed by atoms with Crippen molar-refractivity contribution in [3.8, 4) is 11.1 Å². The van der Waals surface area contributed by atoms with Crippen molar-refractivity contribution < 1.29 is 0 Å². The Bertz CT molecular complexity index is 495. The minimum Gasteiger partial charge on any atom is -0.0619 e. The molecule has 0 amide bonds. The van der Waals surface area contributed by atoms with Gasteiger partial charge in [-0.25, -0.2) is 0 Å². The van der Waals surface area contributed by atoms with Gasteiger partial charge in [0.2, 0.25) is 0 Å². The highest BCUT2D eigenvalue weighted by Crippen LogP contribution is 2.38. The number of benzene rings is 2. The average Bonchev–Trinajstić information content (AvgIpc) is 2.57. The van der Waals surface area contributed by atoms with E-state index >= 15 is 0 Å². The van der Waals surface area contributed by atoms with Crippen molar-refractivity contribution >= 4 is 0 Å². The lowest BCUT2D eigenvalue weighted by Crippen LogP contribution is -1.82. The lowest BCUT2D eigenvalue weighted by atomic mass is 10.0. The van der Waals surface area contributed by atoms with Crippen LogP contribution in [0.15, 0.2) is 42.5 Å². The van der Waals surface area contributed by atoms with Gasteiger partial charge in [-0.3, -0.25) is 0 Å². The quantitative estimate of drug-likeness (QED) is 0.496. The van der Waals surface area contributed by atoms with Crippen LogP contribution in [-0.2, 0) is 6.42 Å². The molecule has 0 atom stereocenters. The fourth-order valence-electron chi connectivity index (χ4n) is 2.27. The van der Waals surface area contributed by atoms with Crippen LogP contribution in [0.2, 0.25) is 0 Å². The first-order chi connectivity index (χ1) is 6.86. The molecule has 1 aliphatic rings. The molecule has 0 heterocycles. The average molecular weight is 179 g/mol. The van der Waals surface area contributed by atoms with Crippen molar-refractivity contribution in [2.45, 2.75) is 6.42 Å². The third-order valence-corrected chi connectivity index (χ3v) is 2.90. The fourth-order valence-corrected chi connectivity index (χ4v) is 2.27. The Hall–Kier alpha value is -1.56. The van der Waals surface area contributed by atoms with E-state index in [-0.39, 0.29) is 0 Å². The normalized spacial score (nSPS) is 12.4. The number of hydrogen-bond acceptors (Lipinski definition) is 0. The topological polar surface area (TPSA) is 0 Å². The minimum atomic E-state index is 1.06. The maximum Gasteiger partial charge on any atom is -0.00134 e. The van der Waals surface area contributed by atoms with Gasteiger partial charge in [0, 0.05) is 0 Å². The molecule has 14 heavy (non-hydrogen) atoms. The monoisotopic (exact) mass is 179 g/mol. The first kappa shape index (κ1) is 7.81. The molecule has 3 rings (SSSR count). The van der Waals surface area contributed by atoms with Gasteiger partial charge in [-0.2, -0.15) is 0 Å². The van der Waals surface area contributed by atoms with Crippen LogP contribution in [-0.4, -0.2) is 0 Å². The predicted octanol–water partition coefficient (Wildman–Crippen LogP) is 3.44. The lowest BCUT2D eigenvalue weighted by molar-refractivity contribution is 1.26. The van der Waals surface area contributed by atoms with Crippen molar-refractivity contribution in [3.05, 3.63) is 66.1 Å². The number of rotatable bonds is 0. The van der Waals surface area contributed by atoms with E-state index in [4.69, 9.17) is 0 Å². The molecule has 0 saturated heterocycles. The van der Waals surface area contributed by atoms with Crippen LogP contribution >= 0.6 is 0 Å². The minimum absolute atomic E-state index is 1.06. The van der Waals surface area contributed by atoms with E-state index in [9.17, 15) is 0 Å². The molecular weight excluding hydrogens is 168 g/mol. The van der Waals surface area contributed by atoms with Gasteiger partial charge < -0.3 is 0 Å². The van der Waals surface area contributed by atoms with Gasteiger partial charge in [-0.1, -0.05) is 42.5 Å². The first-order valence-corrected chi connectivity index (χ1v) is 4.88. The summed E-state index contributed by atoms with van der Waals surface area (Å²) in [7, 11) is 0. The van der Waals surface area contributed by atoms with E-state index in [0.717, 1.165) is 12.0 Å². The Kier molecular flexibility index (Phi) is 1.51. The van der Waals surface area contributed by atoms with Gasteiger partial charge in [0.1, 0.15) is 0 Å². The zero-order chi connectivity index (χ0) is 9.54.